The van der Waals surface area contributed by atoms with Crippen molar-refractivity contribution in [3.05, 3.63) is 153 Å². The van der Waals surface area contributed by atoms with Crippen molar-refractivity contribution in [2.45, 2.75) is 197 Å². The molecule has 13 rings (SSSR count). The van der Waals surface area contributed by atoms with E-state index >= 15 is 4.79 Å². The third-order valence-electron chi connectivity index (χ3n) is 23.7. The van der Waals surface area contributed by atoms with Crippen LogP contribution in [0.2, 0.25) is 0 Å². The highest BCUT2D eigenvalue weighted by atomic mass is 16.6. The number of aliphatic hydroxyl groups is 4. The van der Waals surface area contributed by atoms with Gasteiger partial charge in [-0.1, -0.05) is 94.4 Å². The van der Waals surface area contributed by atoms with Gasteiger partial charge in [-0.05, 0) is 147 Å². The van der Waals surface area contributed by atoms with E-state index in [2.05, 4.69) is 19.2 Å². The number of Topliss-reactive ketones (excluding diaryl/α,β-unsaturated/α-hetero) is 1. The molecular formula is C71H83NO18. The van der Waals surface area contributed by atoms with Crippen molar-refractivity contribution < 1.29 is 82.0 Å². The highest BCUT2D eigenvalue weighted by Crippen LogP contribution is 2.78. The molecule has 480 valence electrons. The Morgan fingerprint density at radius 1 is 0.722 bits per heavy atom. The number of carbonyl (C=O) groups excluding carboxylic acids is 6. The van der Waals surface area contributed by atoms with Crippen LogP contribution in [0.3, 0.4) is 0 Å². The first kappa shape index (κ1) is 63.3. The normalized spacial score (nSPS) is 38.8. The van der Waals surface area contributed by atoms with Gasteiger partial charge in [0.2, 0.25) is 0 Å². The zero-order valence-electron chi connectivity index (χ0n) is 52.3. The predicted octanol–water partition coefficient (Wildman–Crippen LogP) is 7.99. The van der Waals surface area contributed by atoms with Crippen molar-refractivity contribution >= 4 is 35.6 Å². The molecule has 90 heavy (non-hydrogen) atoms. The second kappa shape index (κ2) is 23.1. The zero-order chi connectivity index (χ0) is 64.3. The van der Waals surface area contributed by atoms with Gasteiger partial charge in [0.05, 0.1) is 54.1 Å². The summed E-state index contributed by atoms with van der Waals surface area (Å²) < 4.78 is 42.1. The van der Waals surface area contributed by atoms with E-state index in [1.807, 2.05) is 6.07 Å². The van der Waals surface area contributed by atoms with Crippen LogP contribution in [0.5, 0.6) is 0 Å². The third-order valence-corrected chi connectivity index (χ3v) is 23.7. The van der Waals surface area contributed by atoms with Crippen molar-refractivity contribution in [2.75, 3.05) is 6.61 Å². The number of esters is 4. The molecule has 19 nitrogen and oxygen atoms in total. The number of hydrogen-bond acceptors (Lipinski definition) is 18. The number of hydrogen-bond donors (Lipinski definition) is 5. The van der Waals surface area contributed by atoms with E-state index in [0.717, 1.165) is 39.0 Å². The molecule has 2 saturated heterocycles. The SMILES string of the molecule is CC(=O)O[C@H]1C(=O)[C@@]2(C)[C@H]([C@H](OC(=O)c3ccccc3)[C@]3(O)C[C@H](OC(=O)[C@H](O)[C@@H](NC(=O)c4ccccc4)c4ccccc4)C(C)=C1C3(C)C)[C@]1(OC(C)=O)CO[C@@H]1C[C@@H]2O.C[C@]12CC[C@H](O)C[C@H]1CC[C@@H]1[C@@H]2CC[C@]2(C)[C@@H](c3ccc(=O)oc3)C[C@H]3O[C@]132. The summed E-state index contributed by atoms with van der Waals surface area (Å²) in [5.41, 5.74) is -5.58. The predicted molar refractivity (Wildman–Crippen MR) is 323 cm³/mol. The van der Waals surface area contributed by atoms with Gasteiger partial charge >= 0.3 is 29.5 Å². The second-order valence-corrected chi connectivity index (χ2v) is 28.3. The number of carbonyl (C=O) groups is 6. The molecule has 19 heteroatoms. The van der Waals surface area contributed by atoms with Crippen molar-refractivity contribution in [2.24, 2.45) is 45.3 Å². The number of aliphatic hydroxyl groups excluding tert-OH is 3. The van der Waals surface area contributed by atoms with Crippen LogP contribution in [0.1, 0.15) is 163 Å². The Balaban J connectivity index is 0.000000230. The molecule has 2 aliphatic heterocycles. The summed E-state index contributed by atoms with van der Waals surface area (Å²) in [7, 11) is 0. The fraction of sp³-hybridized carbons (Fsp3) is 0.563. The van der Waals surface area contributed by atoms with Gasteiger partial charge in [0.1, 0.15) is 29.5 Å². The average molecular weight is 1240 g/mol. The van der Waals surface area contributed by atoms with E-state index in [1.165, 1.54) is 63.6 Å². The van der Waals surface area contributed by atoms with Crippen molar-refractivity contribution in [3.8, 4) is 0 Å². The van der Waals surface area contributed by atoms with E-state index in [-0.39, 0.29) is 58.0 Å². The Morgan fingerprint density at radius 2 is 1.39 bits per heavy atom. The number of ketones is 1. The lowest BCUT2D eigenvalue weighted by Crippen LogP contribution is -2.82. The van der Waals surface area contributed by atoms with E-state index in [0.29, 0.717) is 34.8 Å². The number of ether oxygens (including phenoxy) is 6. The third kappa shape index (κ3) is 9.92. The number of nitrogens with one attached hydrogen (secondary N) is 1. The van der Waals surface area contributed by atoms with E-state index in [1.54, 1.807) is 105 Å². The maximum Gasteiger partial charge on any atom is 0.338 e. The molecule has 1 spiro atoms. The smallest absolute Gasteiger partial charge is 0.338 e. The van der Waals surface area contributed by atoms with Gasteiger partial charge in [-0.2, -0.15) is 0 Å². The molecule has 4 aromatic rings. The summed E-state index contributed by atoms with van der Waals surface area (Å²) in [6.07, 6.45) is 0.633. The van der Waals surface area contributed by atoms with Crippen LogP contribution in [0.4, 0.5) is 0 Å². The lowest BCUT2D eigenvalue weighted by Gasteiger charge is -2.67. The molecule has 3 aromatic carbocycles. The molecule has 0 unspecified atom stereocenters. The van der Waals surface area contributed by atoms with Gasteiger partial charge in [0.25, 0.3) is 5.91 Å². The minimum atomic E-state index is -2.39. The van der Waals surface area contributed by atoms with Gasteiger partial charge in [0.15, 0.2) is 23.6 Å². The monoisotopic (exact) mass is 1240 g/mol. The Hall–Kier alpha value is -6.87. The first-order chi connectivity index (χ1) is 42.7. The Bertz CT molecular complexity index is 3530. The number of benzene rings is 3. The van der Waals surface area contributed by atoms with Crippen LogP contribution < -0.4 is 10.9 Å². The summed E-state index contributed by atoms with van der Waals surface area (Å²) in [5.74, 6) is -4.37. The molecule has 7 aliphatic carbocycles. The highest BCUT2D eigenvalue weighted by Gasteiger charge is 2.81. The van der Waals surface area contributed by atoms with Gasteiger partial charge in [-0.15, -0.1) is 0 Å². The molecule has 5 N–H and O–H groups in total. The van der Waals surface area contributed by atoms with Crippen LogP contribution in [-0.4, -0.2) is 128 Å². The lowest BCUT2D eigenvalue weighted by molar-refractivity contribution is -0.346. The van der Waals surface area contributed by atoms with Crippen LogP contribution in [0.25, 0.3) is 0 Å². The Morgan fingerprint density at radius 3 is 2.01 bits per heavy atom. The molecular weight excluding hydrogens is 1150 g/mol. The molecule has 0 radical (unpaired) electrons. The van der Waals surface area contributed by atoms with Gasteiger partial charge in [0, 0.05) is 49.1 Å². The molecule has 2 bridgehead atoms. The molecule has 20 atom stereocenters. The lowest BCUT2D eigenvalue weighted by atomic mass is 9.44. The summed E-state index contributed by atoms with van der Waals surface area (Å²) in [4.78, 5) is 94.9. The number of rotatable bonds is 11. The molecule has 1 amide bonds. The van der Waals surface area contributed by atoms with Gasteiger partial charge in [-0.3, -0.25) is 19.2 Å². The number of fused-ring (bicyclic) bond motifs is 8. The average Bonchev–Trinajstić information content (AvgIpc) is 1.51. The molecule has 9 aliphatic rings. The number of amides is 1. The first-order valence-corrected chi connectivity index (χ1v) is 31.8. The van der Waals surface area contributed by atoms with E-state index in [4.69, 9.17) is 32.8 Å². The van der Waals surface area contributed by atoms with Crippen LogP contribution in [-0.2, 0) is 47.6 Å². The number of epoxide rings is 1. The fourth-order valence-corrected chi connectivity index (χ4v) is 18.9. The minimum absolute atomic E-state index is 0.00289. The quantitative estimate of drug-likeness (QED) is 0.0411. The van der Waals surface area contributed by atoms with Crippen molar-refractivity contribution in [3.63, 3.8) is 0 Å². The summed E-state index contributed by atoms with van der Waals surface area (Å²) >= 11 is 0. The van der Waals surface area contributed by atoms with Crippen molar-refractivity contribution in [1.29, 1.82) is 0 Å². The van der Waals surface area contributed by atoms with E-state index < -0.39 is 113 Å². The Labute approximate surface area is 523 Å². The molecule has 6 saturated carbocycles. The topological polar surface area (TPSA) is 284 Å². The van der Waals surface area contributed by atoms with Crippen LogP contribution in [0, 0.1) is 45.3 Å². The molecule has 3 heterocycles. The van der Waals surface area contributed by atoms with Crippen LogP contribution in [0.15, 0.2) is 130 Å². The molecule has 1 aromatic heterocycles. The van der Waals surface area contributed by atoms with Crippen molar-refractivity contribution in [1.82, 2.24) is 5.32 Å². The summed E-state index contributed by atoms with van der Waals surface area (Å²) in [6.45, 7) is 12.9. The van der Waals surface area contributed by atoms with E-state index in [9.17, 15) is 49.2 Å². The summed E-state index contributed by atoms with van der Waals surface area (Å²) in [5, 5.41) is 50.5. The summed E-state index contributed by atoms with van der Waals surface area (Å²) in [6, 6.07) is 26.5. The minimum Gasteiger partial charge on any atom is -0.456 e. The maximum absolute atomic E-state index is 15.5. The maximum atomic E-state index is 15.5. The molecule has 8 fully saturated rings. The van der Waals surface area contributed by atoms with Crippen LogP contribution >= 0.6 is 0 Å². The Kier molecular flexibility index (Phi) is 16.2. The van der Waals surface area contributed by atoms with Gasteiger partial charge in [-0.25, -0.2) is 14.4 Å². The second-order valence-electron chi connectivity index (χ2n) is 28.3. The van der Waals surface area contributed by atoms with Gasteiger partial charge < -0.3 is 58.6 Å². The fourth-order valence-electron chi connectivity index (χ4n) is 18.9. The highest BCUT2D eigenvalue weighted by molar-refractivity contribution is 5.96. The zero-order valence-corrected chi connectivity index (χ0v) is 52.3. The first-order valence-electron chi connectivity index (χ1n) is 31.8. The standard InChI is InChI=1S/C47H51NO14.C24H32O4/c1-25-31(60-43(56)36(52)35(28-16-10-7-11-17-28)48-41(54)29-18-12-8-13-19-29)23-47(57)40(61-42(55)30-20-14-9-15-21-30)38-45(6,32(51)22-33-46(38,24-58-33)62-27(3)50)39(53)37(59-26(2)49)34(25)44(47,4)5;1-22-9-7-16(25)11-15(22)4-5-18-17(22)8-10-23(2)19(12-20-24(18,23)28-20)14-3-6-21(26)27-13-14/h7-21,31-33,35-38,40,51-52,57H,22-24H2,1-6H3,(H,48,54);3,6,13,15-20,25H,4-5,7-12H2,1-2H3/t31-,32-,33+,35-,36+,37+,38-,40-,45+,46-,47+;15-,16+,17+,18-,19-,20-,22+,23-,24-/m01/s1. The largest absolute Gasteiger partial charge is 0.456 e.